The lowest BCUT2D eigenvalue weighted by molar-refractivity contribution is 0.111. The second-order valence-electron chi connectivity index (χ2n) is 6.06. The molecule has 0 amide bonds. The van der Waals surface area contributed by atoms with Crippen molar-refractivity contribution in [2.24, 2.45) is 0 Å². The average molecular weight is 367 g/mol. The van der Waals surface area contributed by atoms with Crippen LogP contribution in [-0.2, 0) is 0 Å². The monoisotopic (exact) mass is 366 g/mol. The van der Waals surface area contributed by atoms with E-state index in [9.17, 15) is 5.11 Å². The van der Waals surface area contributed by atoms with E-state index in [2.05, 4.69) is 43.9 Å². The third-order valence-electron chi connectivity index (χ3n) is 4.40. The number of aromatic nitrogens is 3. The molecule has 5 nitrogen and oxygen atoms in total. The van der Waals surface area contributed by atoms with Gasteiger partial charge < -0.3 is 15.0 Å². The highest BCUT2D eigenvalue weighted by Crippen LogP contribution is 2.34. The Morgan fingerprint density at radius 3 is 2.86 bits per heavy atom. The summed E-state index contributed by atoms with van der Waals surface area (Å²) in [5.41, 5.74) is 0.974. The fourth-order valence-electron chi connectivity index (χ4n) is 3.07. The molecule has 1 saturated carbocycles. The summed E-state index contributed by atoms with van der Waals surface area (Å²) in [6.45, 7) is 3.07. The molecular weight excluding hydrogens is 344 g/mol. The lowest BCUT2D eigenvalue weighted by Gasteiger charge is -2.27. The molecule has 0 saturated heterocycles. The van der Waals surface area contributed by atoms with Crippen LogP contribution in [0.4, 0.5) is 5.95 Å². The van der Waals surface area contributed by atoms with Gasteiger partial charge in [-0.1, -0.05) is 13.3 Å². The van der Waals surface area contributed by atoms with E-state index in [0.29, 0.717) is 12.0 Å². The first kappa shape index (κ1) is 15.7. The van der Waals surface area contributed by atoms with Crippen molar-refractivity contribution >= 4 is 32.9 Å². The molecule has 2 N–H and O–H groups in total. The Morgan fingerprint density at radius 2 is 2.14 bits per heavy atom. The predicted octanol–water partition coefficient (Wildman–Crippen LogP) is 3.88. The highest BCUT2D eigenvalue weighted by Gasteiger charge is 2.23. The SMILES string of the molecule is CCCCNc1ncc2c(Br)cn(C3CCC(O)CC3)c2n1. The van der Waals surface area contributed by atoms with Crippen LogP contribution >= 0.6 is 15.9 Å². The normalized spacial score (nSPS) is 22.1. The largest absolute Gasteiger partial charge is 0.393 e. The van der Waals surface area contributed by atoms with E-state index in [1.165, 1.54) is 0 Å². The van der Waals surface area contributed by atoms with Crippen molar-refractivity contribution in [3.05, 3.63) is 16.9 Å². The quantitative estimate of drug-likeness (QED) is 0.788. The summed E-state index contributed by atoms with van der Waals surface area (Å²) in [6.07, 6.45) is 9.87. The van der Waals surface area contributed by atoms with Gasteiger partial charge in [-0.15, -0.1) is 0 Å². The van der Waals surface area contributed by atoms with Gasteiger partial charge in [-0.2, -0.15) is 4.98 Å². The van der Waals surface area contributed by atoms with E-state index in [-0.39, 0.29) is 6.10 Å². The molecule has 0 aromatic carbocycles. The van der Waals surface area contributed by atoms with Crippen molar-refractivity contribution in [1.82, 2.24) is 14.5 Å². The summed E-state index contributed by atoms with van der Waals surface area (Å²) in [6, 6.07) is 0.413. The molecule has 3 rings (SSSR count). The molecule has 120 valence electrons. The van der Waals surface area contributed by atoms with Gasteiger partial charge in [0.15, 0.2) is 0 Å². The molecule has 1 fully saturated rings. The van der Waals surface area contributed by atoms with Gasteiger partial charge in [0.2, 0.25) is 5.95 Å². The molecule has 0 spiro atoms. The smallest absolute Gasteiger partial charge is 0.224 e. The summed E-state index contributed by atoms with van der Waals surface area (Å²) in [5, 5.41) is 14.0. The molecule has 22 heavy (non-hydrogen) atoms. The first-order valence-corrected chi connectivity index (χ1v) is 8.93. The lowest BCUT2D eigenvalue weighted by atomic mass is 9.93. The van der Waals surface area contributed by atoms with Crippen molar-refractivity contribution in [2.75, 3.05) is 11.9 Å². The number of halogens is 1. The van der Waals surface area contributed by atoms with Gasteiger partial charge in [0.05, 0.1) is 11.5 Å². The summed E-state index contributed by atoms with van der Waals surface area (Å²) in [5.74, 6) is 0.698. The molecule has 0 unspecified atom stereocenters. The number of anilines is 1. The average Bonchev–Trinajstić information content (AvgIpc) is 2.85. The molecule has 6 heteroatoms. The second-order valence-corrected chi connectivity index (χ2v) is 6.91. The first-order chi connectivity index (χ1) is 10.7. The number of fused-ring (bicyclic) bond motifs is 1. The maximum absolute atomic E-state index is 9.70. The number of aliphatic hydroxyl groups excluding tert-OH is 1. The zero-order valence-electron chi connectivity index (χ0n) is 12.9. The van der Waals surface area contributed by atoms with Crippen molar-refractivity contribution in [2.45, 2.75) is 57.6 Å². The topological polar surface area (TPSA) is 63.0 Å². The van der Waals surface area contributed by atoms with Crippen LogP contribution in [0, 0.1) is 0 Å². The van der Waals surface area contributed by atoms with Crippen LogP contribution in [-0.4, -0.2) is 32.3 Å². The summed E-state index contributed by atoms with van der Waals surface area (Å²) < 4.78 is 3.28. The fourth-order valence-corrected chi connectivity index (χ4v) is 3.57. The molecule has 0 aliphatic heterocycles. The molecule has 2 aromatic rings. The van der Waals surface area contributed by atoms with Gasteiger partial charge in [-0.3, -0.25) is 0 Å². The number of hydrogen-bond acceptors (Lipinski definition) is 4. The Labute approximate surface area is 139 Å². The highest BCUT2D eigenvalue weighted by atomic mass is 79.9. The van der Waals surface area contributed by atoms with E-state index in [1.54, 1.807) is 0 Å². The van der Waals surface area contributed by atoms with Crippen LogP contribution in [0.1, 0.15) is 51.5 Å². The van der Waals surface area contributed by atoms with Gasteiger partial charge in [0, 0.05) is 29.5 Å². The summed E-state index contributed by atoms with van der Waals surface area (Å²) in [4.78, 5) is 9.11. The zero-order chi connectivity index (χ0) is 15.5. The maximum atomic E-state index is 9.70. The van der Waals surface area contributed by atoms with E-state index >= 15 is 0 Å². The van der Waals surface area contributed by atoms with Crippen molar-refractivity contribution in [3.8, 4) is 0 Å². The Morgan fingerprint density at radius 1 is 1.36 bits per heavy atom. The van der Waals surface area contributed by atoms with Crippen LogP contribution in [0.15, 0.2) is 16.9 Å². The number of aliphatic hydroxyl groups is 1. The third-order valence-corrected chi connectivity index (χ3v) is 5.03. The molecule has 2 aromatic heterocycles. The number of nitrogens with zero attached hydrogens (tertiary/aromatic N) is 3. The summed E-state index contributed by atoms with van der Waals surface area (Å²) >= 11 is 3.61. The highest BCUT2D eigenvalue weighted by molar-refractivity contribution is 9.10. The second kappa shape index (κ2) is 6.96. The lowest BCUT2D eigenvalue weighted by Crippen LogP contribution is -2.20. The fraction of sp³-hybridized carbons (Fsp3) is 0.625. The standard InChI is InChI=1S/C16H23BrN4O/c1-2-3-8-18-16-19-9-13-14(17)10-21(15(13)20-16)11-4-6-12(22)7-5-11/h9-12,22H,2-8H2,1H3,(H,18,19,20). The minimum Gasteiger partial charge on any atom is -0.393 e. The van der Waals surface area contributed by atoms with Crippen LogP contribution in [0.2, 0.25) is 0 Å². The first-order valence-electron chi connectivity index (χ1n) is 8.14. The van der Waals surface area contributed by atoms with Gasteiger partial charge >= 0.3 is 0 Å². The van der Waals surface area contributed by atoms with E-state index in [4.69, 9.17) is 4.98 Å². The number of unbranched alkanes of at least 4 members (excludes halogenated alkanes) is 1. The number of hydrogen-bond donors (Lipinski definition) is 2. The third kappa shape index (κ3) is 3.27. The van der Waals surface area contributed by atoms with Gasteiger partial charge in [0.25, 0.3) is 0 Å². The van der Waals surface area contributed by atoms with Crippen LogP contribution in [0.5, 0.6) is 0 Å². The van der Waals surface area contributed by atoms with E-state index < -0.39 is 0 Å². The number of nitrogens with one attached hydrogen (secondary N) is 1. The molecular formula is C16H23BrN4O. The van der Waals surface area contributed by atoms with Crippen molar-refractivity contribution in [3.63, 3.8) is 0 Å². The van der Waals surface area contributed by atoms with Crippen LogP contribution in [0.3, 0.4) is 0 Å². The number of rotatable bonds is 5. The Bertz CT molecular complexity index is 634. The summed E-state index contributed by atoms with van der Waals surface area (Å²) in [7, 11) is 0. The maximum Gasteiger partial charge on any atom is 0.224 e. The molecule has 2 heterocycles. The molecule has 1 aliphatic carbocycles. The Hall–Kier alpha value is -1.14. The minimum atomic E-state index is -0.137. The van der Waals surface area contributed by atoms with Crippen LogP contribution in [0.25, 0.3) is 11.0 Å². The van der Waals surface area contributed by atoms with E-state index in [0.717, 1.165) is 60.6 Å². The Balaban J connectivity index is 1.87. The van der Waals surface area contributed by atoms with Crippen molar-refractivity contribution < 1.29 is 5.11 Å². The van der Waals surface area contributed by atoms with Gasteiger partial charge in [-0.25, -0.2) is 4.98 Å². The predicted molar refractivity (Wildman–Crippen MR) is 92.1 cm³/mol. The molecule has 1 aliphatic rings. The van der Waals surface area contributed by atoms with Gasteiger partial charge in [-0.05, 0) is 48.0 Å². The van der Waals surface area contributed by atoms with Crippen LogP contribution < -0.4 is 5.32 Å². The minimum absolute atomic E-state index is 0.137. The molecule has 0 atom stereocenters. The van der Waals surface area contributed by atoms with Gasteiger partial charge in [0.1, 0.15) is 5.65 Å². The Kier molecular flexibility index (Phi) is 4.98. The molecule has 0 bridgehead atoms. The molecule has 0 radical (unpaired) electrons. The zero-order valence-corrected chi connectivity index (χ0v) is 14.5. The van der Waals surface area contributed by atoms with Crippen molar-refractivity contribution in [1.29, 1.82) is 0 Å². The van der Waals surface area contributed by atoms with E-state index in [1.807, 2.05) is 6.20 Å².